The molecule has 0 unspecified atom stereocenters. The number of nitrogens with two attached hydrogens (primary N) is 2. The van der Waals surface area contributed by atoms with Gasteiger partial charge in [0.2, 0.25) is 0 Å². The van der Waals surface area contributed by atoms with Crippen molar-refractivity contribution in [3.8, 4) is 22.6 Å². The van der Waals surface area contributed by atoms with Gasteiger partial charge in [0.05, 0.1) is 0 Å². The summed E-state index contributed by atoms with van der Waals surface area (Å²) in [4.78, 5) is 0. The van der Waals surface area contributed by atoms with Crippen LogP contribution >= 0.6 is 0 Å². The Kier molecular flexibility index (Phi) is 3.00. The van der Waals surface area contributed by atoms with Gasteiger partial charge in [-0.2, -0.15) is 0 Å². The van der Waals surface area contributed by atoms with Crippen LogP contribution in [0.2, 0.25) is 0 Å². The maximum Gasteiger partial charge on any atom is 0.124 e. The summed E-state index contributed by atoms with van der Waals surface area (Å²) in [6, 6.07) is 17.8. The van der Waals surface area contributed by atoms with Crippen LogP contribution in [-0.2, 0) is 0 Å². The molecular formula is C20H16N2O2. The Bertz CT molecular complexity index is 1010. The molecule has 0 aliphatic rings. The van der Waals surface area contributed by atoms with Crippen LogP contribution in [0.15, 0.2) is 60.7 Å². The van der Waals surface area contributed by atoms with Crippen molar-refractivity contribution in [1.82, 2.24) is 0 Å². The van der Waals surface area contributed by atoms with Gasteiger partial charge in [-0.3, -0.25) is 0 Å². The molecule has 0 bridgehead atoms. The molecule has 118 valence electrons. The molecule has 0 saturated heterocycles. The average Bonchev–Trinajstić information content (AvgIpc) is 2.56. The van der Waals surface area contributed by atoms with Crippen molar-refractivity contribution in [3.05, 3.63) is 60.7 Å². The minimum atomic E-state index is 0.104. The molecule has 0 amide bonds. The van der Waals surface area contributed by atoms with Crippen LogP contribution in [-0.4, -0.2) is 10.2 Å². The summed E-state index contributed by atoms with van der Waals surface area (Å²) in [6.45, 7) is 0. The summed E-state index contributed by atoms with van der Waals surface area (Å²) in [5.41, 5.74) is 14.2. The topological polar surface area (TPSA) is 92.5 Å². The number of aromatic hydroxyl groups is 2. The van der Waals surface area contributed by atoms with E-state index in [9.17, 15) is 10.2 Å². The quantitative estimate of drug-likeness (QED) is 0.395. The number of rotatable bonds is 1. The molecule has 0 radical (unpaired) electrons. The van der Waals surface area contributed by atoms with Gasteiger partial charge in [0.25, 0.3) is 0 Å². The second kappa shape index (κ2) is 5.06. The summed E-state index contributed by atoms with van der Waals surface area (Å²) in [5.74, 6) is 0.207. The highest BCUT2D eigenvalue weighted by atomic mass is 16.3. The molecule has 0 spiro atoms. The monoisotopic (exact) mass is 316 g/mol. The number of benzene rings is 4. The van der Waals surface area contributed by atoms with Gasteiger partial charge in [-0.05, 0) is 57.9 Å². The summed E-state index contributed by atoms with van der Waals surface area (Å²) in [6.07, 6.45) is 0. The number of fused-ring (bicyclic) bond motifs is 2. The van der Waals surface area contributed by atoms with Crippen LogP contribution < -0.4 is 11.5 Å². The van der Waals surface area contributed by atoms with Crippen molar-refractivity contribution in [2.75, 3.05) is 11.5 Å². The average molecular weight is 316 g/mol. The van der Waals surface area contributed by atoms with Crippen molar-refractivity contribution in [1.29, 1.82) is 0 Å². The molecule has 0 saturated carbocycles. The van der Waals surface area contributed by atoms with E-state index in [-0.39, 0.29) is 11.5 Å². The predicted molar refractivity (Wildman–Crippen MR) is 99.0 cm³/mol. The normalized spacial score (nSPS) is 11.2. The van der Waals surface area contributed by atoms with Crippen molar-refractivity contribution >= 4 is 32.9 Å². The molecule has 4 aromatic rings. The SMILES string of the molecule is Nc1ccc2c(-c3c(O)ccc4cc(N)ccc34)c(O)ccc2c1. The lowest BCUT2D eigenvalue weighted by Gasteiger charge is -2.14. The molecular weight excluding hydrogens is 300 g/mol. The predicted octanol–water partition coefficient (Wildman–Crippen LogP) is 4.24. The Morgan fingerprint density at radius 1 is 0.542 bits per heavy atom. The largest absolute Gasteiger partial charge is 0.507 e. The first-order valence-electron chi connectivity index (χ1n) is 7.57. The number of anilines is 2. The van der Waals surface area contributed by atoms with E-state index < -0.39 is 0 Å². The van der Waals surface area contributed by atoms with Crippen LogP contribution in [0.25, 0.3) is 32.7 Å². The first kappa shape index (κ1) is 14.2. The van der Waals surface area contributed by atoms with E-state index >= 15 is 0 Å². The Hall–Kier alpha value is -3.40. The van der Waals surface area contributed by atoms with E-state index in [1.54, 1.807) is 24.3 Å². The van der Waals surface area contributed by atoms with Gasteiger partial charge in [-0.1, -0.05) is 24.3 Å². The first-order valence-corrected chi connectivity index (χ1v) is 7.57. The van der Waals surface area contributed by atoms with Crippen LogP contribution in [0, 0.1) is 0 Å². The number of nitrogen functional groups attached to an aromatic ring is 2. The third-order valence-electron chi connectivity index (χ3n) is 4.29. The van der Waals surface area contributed by atoms with Gasteiger partial charge < -0.3 is 21.7 Å². The van der Waals surface area contributed by atoms with Crippen molar-refractivity contribution < 1.29 is 10.2 Å². The van der Waals surface area contributed by atoms with Crippen molar-refractivity contribution in [2.24, 2.45) is 0 Å². The molecule has 4 nitrogen and oxygen atoms in total. The van der Waals surface area contributed by atoms with E-state index in [0.717, 1.165) is 21.5 Å². The van der Waals surface area contributed by atoms with Gasteiger partial charge in [0.1, 0.15) is 11.5 Å². The zero-order valence-corrected chi connectivity index (χ0v) is 12.8. The summed E-state index contributed by atoms with van der Waals surface area (Å²) >= 11 is 0. The Balaban J connectivity index is 2.17. The van der Waals surface area contributed by atoms with E-state index in [1.165, 1.54) is 0 Å². The van der Waals surface area contributed by atoms with E-state index in [0.29, 0.717) is 22.5 Å². The standard InChI is InChI=1S/C20H16N2O2/c21-13-3-5-15-11(9-13)1-7-17(23)19(15)20-16-6-4-14(22)10-12(16)2-8-18(20)24/h1-10,23-24H,21-22H2. The summed E-state index contributed by atoms with van der Waals surface area (Å²) in [5, 5.41) is 24.4. The van der Waals surface area contributed by atoms with Crippen molar-refractivity contribution in [2.45, 2.75) is 0 Å². The van der Waals surface area contributed by atoms with E-state index in [1.807, 2.05) is 36.4 Å². The maximum absolute atomic E-state index is 10.5. The zero-order chi connectivity index (χ0) is 16.8. The first-order chi connectivity index (χ1) is 11.5. The number of hydrogen-bond donors (Lipinski definition) is 4. The van der Waals surface area contributed by atoms with Gasteiger partial charge in [-0.25, -0.2) is 0 Å². The lowest BCUT2D eigenvalue weighted by molar-refractivity contribution is 0.470. The number of hydrogen-bond acceptors (Lipinski definition) is 4. The van der Waals surface area contributed by atoms with E-state index in [2.05, 4.69) is 0 Å². The van der Waals surface area contributed by atoms with Crippen LogP contribution in [0.3, 0.4) is 0 Å². The zero-order valence-electron chi connectivity index (χ0n) is 12.8. The third kappa shape index (κ3) is 2.08. The molecule has 0 atom stereocenters. The maximum atomic E-state index is 10.5. The minimum Gasteiger partial charge on any atom is -0.507 e. The fourth-order valence-electron chi connectivity index (χ4n) is 3.20. The molecule has 6 N–H and O–H groups in total. The van der Waals surface area contributed by atoms with Crippen LogP contribution in [0.5, 0.6) is 11.5 Å². The third-order valence-corrected chi connectivity index (χ3v) is 4.29. The van der Waals surface area contributed by atoms with E-state index in [4.69, 9.17) is 11.5 Å². The van der Waals surface area contributed by atoms with Gasteiger partial charge in [-0.15, -0.1) is 0 Å². The summed E-state index contributed by atoms with van der Waals surface area (Å²) < 4.78 is 0. The Labute approximate surface area is 138 Å². The molecule has 0 aliphatic heterocycles. The second-order valence-corrected chi connectivity index (χ2v) is 5.88. The fourth-order valence-corrected chi connectivity index (χ4v) is 3.20. The van der Waals surface area contributed by atoms with Crippen LogP contribution in [0.4, 0.5) is 11.4 Å². The van der Waals surface area contributed by atoms with Crippen molar-refractivity contribution in [3.63, 3.8) is 0 Å². The molecule has 24 heavy (non-hydrogen) atoms. The minimum absolute atomic E-state index is 0.104. The smallest absolute Gasteiger partial charge is 0.124 e. The molecule has 4 heteroatoms. The highest BCUT2D eigenvalue weighted by Crippen LogP contribution is 2.44. The molecule has 0 aliphatic carbocycles. The lowest BCUT2D eigenvalue weighted by Crippen LogP contribution is -1.90. The summed E-state index contributed by atoms with van der Waals surface area (Å²) in [7, 11) is 0. The molecule has 0 heterocycles. The Morgan fingerprint density at radius 3 is 1.38 bits per heavy atom. The highest BCUT2D eigenvalue weighted by molar-refractivity contribution is 6.10. The molecule has 0 fully saturated rings. The van der Waals surface area contributed by atoms with Gasteiger partial charge in [0.15, 0.2) is 0 Å². The lowest BCUT2D eigenvalue weighted by atomic mass is 9.92. The number of phenolic OH excluding ortho intramolecular Hbond substituents is 2. The molecule has 4 rings (SSSR count). The number of phenols is 2. The fraction of sp³-hybridized carbons (Fsp3) is 0. The van der Waals surface area contributed by atoms with Crippen LogP contribution in [0.1, 0.15) is 0 Å². The van der Waals surface area contributed by atoms with Gasteiger partial charge in [0, 0.05) is 22.5 Å². The van der Waals surface area contributed by atoms with Gasteiger partial charge >= 0.3 is 0 Å². The Morgan fingerprint density at radius 2 is 0.958 bits per heavy atom. The highest BCUT2D eigenvalue weighted by Gasteiger charge is 2.16. The molecule has 4 aromatic carbocycles. The second-order valence-electron chi connectivity index (χ2n) is 5.88. The molecule has 0 aromatic heterocycles.